The highest BCUT2D eigenvalue weighted by Crippen LogP contribution is 2.34. The molecule has 5 heteroatoms. The molecule has 0 saturated heterocycles. The molecular formula is C15H17N3O2. The number of para-hydroxylation sites is 1. The van der Waals surface area contributed by atoms with E-state index < -0.39 is 0 Å². The number of hydrogen-bond donors (Lipinski definition) is 2. The van der Waals surface area contributed by atoms with E-state index in [-0.39, 0.29) is 16.7 Å². The van der Waals surface area contributed by atoms with Gasteiger partial charge in [-0.25, -0.2) is 0 Å². The van der Waals surface area contributed by atoms with Crippen molar-refractivity contribution in [3.8, 4) is 0 Å². The third-order valence-corrected chi connectivity index (χ3v) is 3.16. The van der Waals surface area contributed by atoms with Crippen molar-refractivity contribution in [1.29, 1.82) is 0 Å². The molecule has 0 radical (unpaired) electrons. The number of nitrogens with one attached hydrogen (secondary N) is 2. The van der Waals surface area contributed by atoms with E-state index in [1.54, 1.807) is 25.2 Å². The largest absolute Gasteiger partial charge is 0.382 e. The Morgan fingerprint density at radius 1 is 1.05 bits per heavy atom. The molecule has 0 aliphatic rings. The summed E-state index contributed by atoms with van der Waals surface area (Å²) in [6.45, 7) is 1.98. The number of nitro benzene ring substituents is 1. The van der Waals surface area contributed by atoms with E-state index in [0.29, 0.717) is 11.4 Å². The lowest BCUT2D eigenvalue weighted by atomic mass is 10.1. The van der Waals surface area contributed by atoms with Crippen LogP contribution in [-0.4, -0.2) is 12.0 Å². The molecule has 0 heterocycles. The molecule has 0 spiro atoms. The maximum absolute atomic E-state index is 11.2. The van der Waals surface area contributed by atoms with Gasteiger partial charge in [0.2, 0.25) is 0 Å². The molecule has 2 aromatic carbocycles. The van der Waals surface area contributed by atoms with Crippen LogP contribution < -0.4 is 10.6 Å². The molecule has 104 valence electrons. The second-order valence-electron chi connectivity index (χ2n) is 4.49. The van der Waals surface area contributed by atoms with E-state index in [1.807, 2.05) is 37.3 Å². The summed E-state index contributed by atoms with van der Waals surface area (Å²) < 4.78 is 0. The zero-order valence-corrected chi connectivity index (χ0v) is 11.5. The Morgan fingerprint density at radius 2 is 1.70 bits per heavy atom. The highest BCUT2D eigenvalue weighted by atomic mass is 16.6. The van der Waals surface area contributed by atoms with Crippen LogP contribution in [-0.2, 0) is 0 Å². The lowest BCUT2D eigenvalue weighted by molar-refractivity contribution is -0.383. The van der Waals surface area contributed by atoms with Gasteiger partial charge in [-0.3, -0.25) is 10.1 Å². The van der Waals surface area contributed by atoms with E-state index in [9.17, 15) is 10.1 Å². The maximum atomic E-state index is 11.2. The number of hydrogen-bond acceptors (Lipinski definition) is 4. The van der Waals surface area contributed by atoms with Gasteiger partial charge in [0.15, 0.2) is 0 Å². The van der Waals surface area contributed by atoms with Gasteiger partial charge in [0.05, 0.1) is 4.92 Å². The van der Waals surface area contributed by atoms with Crippen LogP contribution in [0.2, 0.25) is 0 Å². The van der Waals surface area contributed by atoms with Crippen LogP contribution in [0.4, 0.5) is 17.1 Å². The quantitative estimate of drug-likeness (QED) is 0.641. The summed E-state index contributed by atoms with van der Waals surface area (Å²) in [6.07, 6.45) is 0. The Labute approximate surface area is 117 Å². The first-order chi connectivity index (χ1) is 9.63. The predicted octanol–water partition coefficient (Wildman–Crippen LogP) is 3.81. The molecule has 5 nitrogen and oxygen atoms in total. The molecular weight excluding hydrogens is 254 g/mol. The van der Waals surface area contributed by atoms with E-state index in [0.717, 1.165) is 5.56 Å². The van der Waals surface area contributed by atoms with Crippen molar-refractivity contribution < 1.29 is 4.92 Å². The third kappa shape index (κ3) is 2.88. The monoisotopic (exact) mass is 271 g/mol. The average molecular weight is 271 g/mol. The molecule has 1 atom stereocenters. The fourth-order valence-electron chi connectivity index (χ4n) is 2.12. The van der Waals surface area contributed by atoms with Crippen molar-refractivity contribution >= 4 is 17.1 Å². The molecule has 20 heavy (non-hydrogen) atoms. The van der Waals surface area contributed by atoms with E-state index in [4.69, 9.17) is 0 Å². The Bertz CT molecular complexity index is 599. The first-order valence-electron chi connectivity index (χ1n) is 6.40. The van der Waals surface area contributed by atoms with Crippen molar-refractivity contribution in [2.45, 2.75) is 13.0 Å². The summed E-state index contributed by atoms with van der Waals surface area (Å²) in [7, 11) is 1.67. The zero-order valence-electron chi connectivity index (χ0n) is 11.5. The molecule has 2 rings (SSSR count). The van der Waals surface area contributed by atoms with Gasteiger partial charge in [-0.1, -0.05) is 36.4 Å². The Balaban J connectivity index is 2.32. The van der Waals surface area contributed by atoms with Crippen LogP contribution in [0, 0.1) is 10.1 Å². The Kier molecular flexibility index (Phi) is 4.20. The number of nitro groups is 1. The summed E-state index contributed by atoms with van der Waals surface area (Å²) in [5, 5.41) is 17.3. The first kappa shape index (κ1) is 13.9. The molecule has 0 aliphatic heterocycles. The van der Waals surface area contributed by atoms with Crippen molar-refractivity contribution in [2.75, 3.05) is 17.7 Å². The van der Waals surface area contributed by atoms with Crippen LogP contribution in [0.25, 0.3) is 0 Å². The maximum Gasteiger partial charge on any atom is 0.315 e. The number of rotatable bonds is 5. The first-order valence-corrected chi connectivity index (χ1v) is 6.40. The van der Waals surface area contributed by atoms with E-state index in [2.05, 4.69) is 10.6 Å². The topological polar surface area (TPSA) is 67.2 Å². The van der Waals surface area contributed by atoms with Gasteiger partial charge in [-0.2, -0.15) is 0 Å². The Hall–Kier alpha value is -2.56. The van der Waals surface area contributed by atoms with Gasteiger partial charge in [0.25, 0.3) is 0 Å². The number of benzene rings is 2. The summed E-state index contributed by atoms with van der Waals surface area (Å²) in [4.78, 5) is 10.9. The highest BCUT2D eigenvalue weighted by Gasteiger charge is 2.20. The van der Waals surface area contributed by atoms with Crippen molar-refractivity contribution in [3.05, 3.63) is 64.2 Å². The van der Waals surface area contributed by atoms with Gasteiger partial charge in [0.1, 0.15) is 11.4 Å². The molecule has 2 N–H and O–H groups in total. The molecule has 0 bridgehead atoms. The van der Waals surface area contributed by atoms with Gasteiger partial charge >= 0.3 is 5.69 Å². The minimum Gasteiger partial charge on any atom is -0.382 e. The molecule has 0 fully saturated rings. The fourth-order valence-corrected chi connectivity index (χ4v) is 2.12. The van der Waals surface area contributed by atoms with Crippen LogP contribution in [0.3, 0.4) is 0 Å². The summed E-state index contributed by atoms with van der Waals surface area (Å²) >= 11 is 0. The van der Waals surface area contributed by atoms with Crippen molar-refractivity contribution in [3.63, 3.8) is 0 Å². The Morgan fingerprint density at radius 3 is 2.30 bits per heavy atom. The molecule has 0 amide bonds. The smallest absolute Gasteiger partial charge is 0.315 e. The van der Waals surface area contributed by atoms with Gasteiger partial charge < -0.3 is 10.6 Å². The fraction of sp³-hybridized carbons (Fsp3) is 0.200. The standard InChI is InChI=1S/C15H17N3O2/c1-11(12-7-4-3-5-8-12)17-14-10-6-9-13(16-2)15(14)18(19)20/h3-11,16-17H,1-2H3. The minimum absolute atomic E-state index is 0.0120. The van der Waals surface area contributed by atoms with Gasteiger partial charge in [-0.15, -0.1) is 0 Å². The summed E-state index contributed by atoms with van der Waals surface area (Å²) in [6, 6.07) is 15.0. The zero-order chi connectivity index (χ0) is 14.5. The lowest BCUT2D eigenvalue weighted by Crippen LogP contribution is -2.09. The van der Waals surface area contributed by atoms with Crippen LogP contribution in [0.15, 0.2) is 48.5 Å². The van der Waals surface area contributed by atoms with Crippen molar-refractivity contribution in [1.82, 2.24) is 0 Å². The second kappa shape index (κ2) is 6.06. The van der Waals surface area contributed by atoms with Gasteiger partial charge in [-0.05, 0) is 24.6 Å². The normalized spacial score (nSPS) is 11.7. The highest BCUT2D eigenvalue weighted by molar-refractivity contribution is 5.76. The molecule has 0 saturated carbocycles. The van der Waals surface area contributed by atoms with Gasteiger partial charge in [0, 0.05) is 13.1 Å². The third-order valence-electron chi connectivity index (χ3n) is 3.16. The van der Waals surface area contributed by atoms with E-state index >= 15 is 0 Å². The summed E-state index contributed by atoms with van der Waals surface area (Å²) in [5.41, 5.74) is 2.16. The van der Waals surface area contributed by atoms with Crippen LogP contribution in [0.5, 0.6) is 0 Å². The average Bonchev–Trinajstić information content (AvgIpc) is 2.47. The SMILES string of the molecule is CNc1cccc(NC(C)c2ccccc2)c1[N+](=O)[O-]. The predicted molar refractivity (Wildman–Crippen MR) is 81.1 cm³/mol. The second-order valence-corrected chi connectivity index (χ2v) is 4.49. The molecule has 1 unspecified atom stereocenters. The number of anilines is 2. The van der Waals surface area contributed by atoms with Crippen LogP contribution in [0.1, 0.15) is 18.5 Å². The summed E-state index contributed by atoms with van der Waals surface area (Å²) in [5.74, 6) is 0. The number of nitrogens with zero attached hydrogens (tertiary/aromatic N) is 1. The van der Waals surface area contributed by atoms with Crippen LogP contribution >= 0.6 is 0 Å². The van der Waals surface area contributed by atoms with Crippen molar-refractivity contribution in [2.24, 2.45) is 0 Å². The minimum atomic E-state index is -0.369. The molecule has 0 aromatic heterocycles. The molecule has 2 aromatic rings. The lowest BCUT2D eigenvalue weighted by Gasteiger charge is -2.16. The molecule has 0 aliphatic carbocycles. The van der Waals surface area contributed by atoms with E-state index in [1.165, 1.54) is 0 Å².